The van der Waals surface area contributed by atoms with Crippen molar-refractivity contribution < 1.29 is 9.47 Å². The monoisotopic (exact) mass is 247 g/mol. The van der Waals surface area contributed by atoms with Crippen molar-refractivity contribution in [3.8, 4) is 5.75 Å². The Kier molecular flexibility index (Phi) is 3.52. The highest BCUT2D eigenvalue weighted by Gasteiger charge is 2.19. The molecule has 1 aromatic carbocycles. The minimum Gasteiger partial charge on any atom is -0.490 e. The number of benzene rings is 1. The lowest BCUT2D eigenvalue weighted by atomic mass is 10.1. The van der Waals surface area contributed by atoms with E-state index < -0.39 is 0 Å². The lowest BCUT2D eigenvalue weighted by molar-refractivity contribution is 0.110. The lowest BCUT2D eigenvalue weighted by Gasteiger charge is -2.11. The Morgan fingerprint density at radius 3 is 3.17 bits per heavy atom. The molecule has 1 fully saturated rings. The van der Waals surface area contributed by atoms with Crippen LogP contribution >= 0.6 is 0 Å². The second-order valence-electron chi connectivity index (χ2n) is 5.34. The summed E-state index contributed by atoms with van der Waals surface area (Å²) < 4.78 is 11.3. The van der Waals surface area contributed by atoms with Crippen LogP contribution in [-0.2, 0) is 17.7 Å². The number of hydrogen-bond donors (Lipinski definition) is 1. The summed E-state index contributed by atoms with van der Waals surface area (Å²) in [6.07, 6.45) is 4.19. The molecule has 0 bridgehead atoms. The quantitative estimate of drug-likeness (QED) is 0.885. The van der Waals surface area contributed by atoms with Crippen LogP contribution in [0, 0.1) is 0 Å². The van der Waals surface area contributed by atoms with Crippen LogP contribution in [0.15, 0.2) is 18.2 Å². The average Bonchev–Trinajstić information content (AvgIpc) is 2.96. The van der Waals surface area contributed by atoms with Crippen molar-refractivity contribution >= 4 is 0 Å². The molecule has 2 unspecified atom stereocenters. The molecular weight excluding hydrogens is 226 g/mol. The molecule has 98 valence electrons. The minimum absolute atomic E-state index is 0.329. The van der Waals surface area contributed by atoms with E-state index in [1.165, 1.54) is 24.0 Å². The molecule has 0 aliphatic carbocycles. The van der Waals surface area contributed by atoms with Gasteiger partial charge >= 0.3 is 0 Å². The highest BCUT2D eigenvalue weighted by molar-refractivity contribution is 5.40. The maximum Gasteiger partial charge on any atom is 0.123 e. The normalized spacial score (nSPS) is 26.1. The van der Waals surface area contributed by atoms with Crippen molar-refractivity contribution in [1.29, 1.82) is 0 Å². The maximum atomic E-state index is 5.71. The third kappa shape index (κ3) is 2.68. The van der Waals surface area contributed by atoms with Crippen molar-refractivity contribution in [2.75, 3.05) is 13.2 Å². The van der Waals surface area contributed by atoms with E-state index >= 15 is 0 Å². The van der Waals surface area contributed by atoms with Gasteiger partial charge in [0.15, 0.2) is 0 Å². The van der Waals surface area contributed by atoms with Crippen molar-refractivity contribution in [2.45, 2.75) is 44.9 Å². The Morgan fingerprint density at radius 2 is 2.33 bits per heavy atom. The highest BCUT2D eigenvalue weighted by atomic mass is 16.5. The summed E-state index contributed by atoms with van der Waals surface area (Å²) in [5.41, 5.74) is 2.68. The number of rotatable bonds is 4. The molecule has 2 aliphatic rings. The second kappa shape index (κ2) is 5.29. The van der Waals surface area contributed by atoms with Gasteiger partial charge in [-0.05, 0) is 37.0 Å². The topological polar surface area (TPSA) is 30.5 Å². The first kappa shape index (κ1) is 12.0. The zero-order valence-electron chi connectivity index (χ0n) is 10.9. The number of hydrogen-bond acceptors (Lipinski definition) is 3. The van der Waals surface area contributed by atoms with E-state index in [0.29, 0.717) is 12.2 Å². The number of fused-ring (bicyclic) bond motifs is 1. The molecule has 1 saturated heterocycles. The smallest absolute Gasteiger partial charge is 0.123 e. The van der Waals surface area contributed by atoms with Gasteiger partial charge in [0.2, 0.25) is 0 Å². The van der Waals surface area contributed by atoms with Gasteiger partial charge in [-0.1, -0.05) is 12.1 Å². The Hall–Kier alpha value is -1.06. The van der Waals surface area contributed by atoms with Crippen molar-refractivity contribution in [3.05, 3.63) is 29.3 Å². The predicted octanol–water partition coefficient (Wildman–Crippen LogP) is 2.28. The van der Waals surface area contributed by atoms with E-state index in [1.807, 2.05) is 0 Å². The molecule has 2 atom stereocenters. The van der Waals surface area contributed by atoms with Gasteiger partial charge in [-0.2, -0.15) is 0 Å². The largest absolute Gasteiger partial charge is 0.490 e. The van der Waals surface area contributed by atoms with Crippen LogP contribution in [-0.4, -0.2) is 25.4 Å². The van der Waals surface area contributed by atoms with E-state index in [0.717, 1.165) is 31.9 Å². The van der Waals surface area contributed by atoms with Crippen molar-refractivity contribution in [1.82, 2.24) is 5.32 Å². The summed E-state index contributed by atoms with van der Waals surface area (Å²) in [6, 6.07) is 6.52. The third-order valence-corrected chi connectivity index (χ3v) is 3.69. The van der Waals surface area contributed by atoms with Gasteiger partial charge in [0.05, 0.1) is 6.10 Å². The Balaban J connectivity index is 1.52. The first-order valence-electron chi connectivity index (χ1n) is 6.92. The van der Waals surface area contributed by atoms with Crippen molar-refractivity contribution in [2.24, 2.45) is 0 Å². The summed E-state index contributed by atoms with van der Waals surface area (Å²) >= 11 is 0. The zero-order chi connectivity index (χ0) is 12.4. The fourth-order valence-corrected chi connectivity index (χ4v) is 2.77. The predicted molar refractivity (Wildman–Crippen MR) is 70.9 cm³/mol. The molecule has 0 aromatic heterocycles. The molecule has 0 saturated carbocycles. The Labute approximate surface area is 108 Å². The van der Waals surface area contributed by atoms with E-state index in [-0.39, 0.29) is 0 Å². The molecule has 0 spiro atoms. The van der Waals surface area contributed by atoms with Crippen LogP contribution in [0.5, 0.6) is 5.75 Å². The molecule has 2 aliphatic heterocycles. The summed E-state index contributed by atoms with van der Waals surface area (Å²) in [7, 11) is 0. The summed E-state index contributed by atoms with van der Waals surface area (Å²) in [4.78, 5) is 0. The van der Waals surface area contributed by atoms with Gasteiger partial charge in [-0.3, -0.25) is 0 Å². The molecule has 1 N–H and O–H groups in total. The van der Waals surface area contributed by atoms with Crippen molar-refractivity contribution in [3.63, 3.8) is 0 Å². The molecule has 3 rings (SSSR count). The van der Waals surface area contributed by atoms with Gasteiger partial charge < -0.3 is 14.8 Å². The van der Waals surface area contributed by atoms with Crippen LogP contribution < -0.4 is 10.1 Å². The fraction of sp³-hybridized carbons (Fsp3) is 0.600. The van der Waals surface area contributed by atoms with E-state index in [4.69, 9.17) is 9.47 Å². The maximum absolute atomic E-state index is 5.71. The zero-order valence-corrected chi connectivity index (χ0v) is 10.9. The molecule has 2 heterocycles. The molecule has 1 aromatic rings. The summed E-state index contributed by atoms with van der Waals surface area (Å²) in [6.45, 7) is 4.93. The molecular formula is C15H21NO2. The second-order valence-corrected chi connectivity index (χ2v) is 5.34. The van der Waals surface area contributed by atoms with Gasteiger partial charge in [0, 0.05) is 26.1 Å². The van der Waals surface area contributed by atoms with Crippen LogP contribution in [0.4, 0.5) is 0 Å². The number of nitrogens with one attached hydrogen (secondary N) is 1. The van der Waals surface area contributed by atoms with E-state index in [2.05, 4.69) is 30.4 Å². The van der Waals surface area contributed by atoms with E-state index in [9.17, 15) is 0 Å². The molecule has 18 heavy (non-hydrogen) atoms. The molecule has 0 radical (unpaired) electrons. The number of ether oxygens (including phenoxy) is 2. The molecule has 3 heteroatoms. The first-order chi connectivity index (χ1) is 8.81. The van der Waals surface area contributed by atoms with E-state index in [1.54, 1.807) is 0 Å². The van der Waals surface area contributed by atoms with Crippen LogP contribution in [0.1, 0.15) is 30.9 Å². The van der Waals surface area contributed by atoms with Crippen LogP contribution in [0.2, 0.25) is 0 Å². The SMILES string of the molecule is CC1Cc2cc(CNCC3CCCO3)ccc2O1. The Bertz CT molecular complexity index is 413. The Morgan fingerprint density at radius 1 is 1.39 bits per heavy atom. The summed E-state index contributed by atoms with van der Waals surface area (Å²) in [5.74, 6) is 1.06. The minimum atomic E-state index is 0.329. The van der Waals surface area contributed by atoms with Gasteiger partial charge in [-0.15, -0.1) is 0 Å². The van der Waals surface area contributed by atoms with Gasteiger partial charge in [0.25, 0.3) is 0 Å². The first-order valence-corrected chi connectivity index (χ1v) is 6.92. The third-order valence-electron chi connectivity index (χ3n) is 3.69. The standard InChI is InChI=1S/C15H21NO2/c1-11-7-13-8-12(4-5-15(13)18-11)9-16-10-14-3-2-6-17-14/h4-5,8,11,14,16H,2-3,6-7,9-10H2,1H3. The molecule has 0 amide bonds. The fourth-order valence-electron chi connectivity index (χ4n) is 2.77. The van der Waals surface area contributed by atoms with Gasteiger partial charge in [0.1, 0.15) is 11.9 Å². The average molecular weight is 247 g/mol. The summed E-state index contributed by atoms with van der Waals surface area (Å²) in [5, 5.41) is 3.48. The van der Waals surface area contributed by atoms with Crippen LogP contribution in [0.25, 0.3) is 0 Å². The van der Waals surface area contributed by atoms with Crippen LogP contribution in [0.3, 0.4) is 0 Å². The molecule has 3 nitrogen and oxygen atoms in total. The highest BCUT2D eigenvalue weighted by Crippen LogP contribution is 2.29. The lowest BCUT2D eigenvalue weighted by Crippen LogP contribution is -2.25. The van der Waals surface area contributed by atoms with Gasteiger partial charge in [-0.25, -0.2) is 0 Å².